The van der Waals surface area contributed by atoms with Gasteiger partial charge >= 0.3 is 5.97 Å². The van der Waals surface area contributed by atoms with Crippen molar-refractivity contribution in [3.05, 3.63) is 88.3 Å². The van der Waals surface area contributed by atoms with Crippen LogP contribution in [0.4, 0.5) is 5.69 Å². The molecule has 5 rings (SSSR count). The number of fused-ring (bicyclic) bond motifs is 1. The van der Waals surface area contributed by atoms with Crippen molar-refractivity contribution in [2.75, 3.05) is 5.32 Å². The van der Waals surface area contributed by atoms with E-state index in [2.05, 4.69) is 34.6 Å². The van der Waals surface area contributed by atoms with Crippen LogP contribution in [0.3, 0.4) is 0 Å². The van der Waals surface area contributed by atoms with Crippen LogP contribution in [-0.4, -0.2) is 26.4 Å². The predicted octanol–water partition coefficient (Wildman–Crippen LogP) is 7.31. The van der Waals surface area contributed by atoms with Crippen LogP contribution >= 0.6 is 23.2 Å². The zero-order valence-electron chi connectivity index (χ0n) is 19.5. The molecule has 1 amide bonds. The highest BCUT2D eigenvalue weighted by atomic mass is 35.5. The lowest BCUT2D eigenvalue weighted by atomic mass is 9.77. The third-order valence-corrected chi connectivity index (χ3v) is 7.63. The summed E-state index contributed by atoms with van der Waals surface area (Å²) in [6.07, 6.45) is 7.95. The number of nitrogens with zero attached hydrogens (tertiary/aromatic N) is 2. The van der Waals surface area contributed by atoms with Gasteiger partial charge in [0.25, 0.3) is 5.91 Å². The monoisotopic (exact) mass is 521 g/mol. The molecule has 2 aromatic heterocycles. The van der Waals surface area contributed by atoms with Crippen molar-refractivity contribution >= 4 is 46.4 Å². The van der Waals surface area contributed by atoms with E-state index in [0.29, 0.717) is 38.9 Å². The number of aromatic nitrogens is 2. The van der Waals surface area contributed by atoms with Crippen LogP contribution < -0.4 is 5.32 Å². The first kappa shape index (κ1) is 24.3. The minimum Gasteiger partial charge on any atom is -0.481 e. The van der Waals surface area contributed by atoms with Crippen LogP contribution in [0, 0.1) is 5.92 Å². The number of aliphatic carboxylic acids is 1. The van der Waals surface area contributed by atoms with E-state index in [0.717, 1.165) is 36.8 Å². The van der Waals surface area contributed by atoms with Gasteiger partial charge in [-0.3, -0.25) is 9.59 Å². The quantitative estimate of drug-likeness (QED) is 0.278. The number of carbonyl (C=O) groups is 2. The van der Waals surface area contributed by atoms with Gasteiger partial charge in [-0.25, -0.2) is 4.98 Å². The Morgan fingerprint density at radius 1 is 0.917 bits per heavy atom. The van der Waals surface area contributed by atoms with Crippen molar-refractivity contribution in [2.24, 2.45) is 5.92 Å². The Morgan fingerprint density at radius 3 is 2.33 bits per heavy atom. The number of nitrogens with one attached hydrogen (secondary N) is 1. The Hall–Kier alpha value is -3.35. The van der Waals surface area contributed by atoms with Gasteiger partial charge in [0, 0.05) is 24.5 Å². The molecule has 184 valence electrons. The number of rotatable bonds is 6. The number of benzene rings is 2. The average Bonchev–Trinajstić information content (AvgIpc) is 3.30. The molecule has 0 unspecified atom stereocenters. The molecule has 0 bridgehead atoms. The Balaban J connectivity index is 1.28. The standard InChI is InChI=1S/C28H25Cl2N3O3/c29-23-11-10-22(14-24(23)30)31-28(36)25-16-33-15-21(9-12-26(33)32-25)20-7-5-19(6-8-20)18-3-1-17(2-4-18)13-27(34)35/h5-12,14-18H,1-4,13H2,(H,31,36)(H,34,35). The molecule has 0 atom stereocenters. The van der Waals surface area contributed by atoms with Crippen LogP contribution in [0.5, 0.6) is 0 Å². The molecule has 1 aliphatic rings. The highest BCUT2D eigenvalue weighted by Gasteiger charge is 2.24. The molecule has 4 aromatic rings. The highest BCUT2D eigenvalue weighted by Crippen LogP contribution is 2.37. The molecule has 8 heteroatoms. The van der Waals surface area contributed by atoms with Gasteiger partial charge < -0.3 is 14.8 Å². The van der Waals surface area contributed by atoms with Crippen LogP contribution in [-0.2, 0) is 4.79 Å². The maximum absolute atomic E-state index is 12.7. The van der Waals surface area contributed by atoms with Crippen molar-refractivity contribution in [2.45, 2.75) is 38.0 Å². The van der Waals surface area contributed by atoms with Crippen molar-refractivity contribution in [1.29, 1.82) is 0 Å². The smallest absolute Gasteiger partial charge is 0.303 e. The predicted molar refractivity (Wildman–Crippen MR) is 142 cm³/mol. The third-order valence-electron chi connectivity index (χ3n) is 6.89. The summed E-state index contributed by atoms with van der Waals surface area (Å²) in [5, 5.41) is 12.6. The molecule has 0 aliphatic heterocycles. The largest absolute Gasteiger partial charge is 0.481 e. The molecule has 0 radical (unpaired) electrons. The van der Waals surface area contributed by atoms with Gasteiger partial charge in [0.05, 0.1) is 10.0 Å². The van der Waals surface area contributed by atoms with E-state index < -0.39 is 5.97 Å². The lowest BCUT2D eigenvalue weighted by Crippen LogP contribution is -2.16. The molecule has 36 heavy (non-hydrogen) atoms. The lowest BCUT2D eigenvalue weighted by molar-refractivity contribution is -0.138. The molecule has 2 aromatic carbocycles. The molecule has 0 spiro atoms. The summed E-state index contributed by atoms with van der Waals surface area (Å²) in [5.41, 5.74) is 4.92. The second kappa shape index (κ2) is 10.3. The first-order valence-corrected chi connectivity index (χ1v) is 12.7. The zero-order chi connectivity index (χ0) is 25.2. The number of halogens is 2. The summed E-state index contributed by atoms with van der Waals surface area (Å²) in [6.45, 7) is 0. The van der Waals surface area contributed by atoms with E-state index in [-0.39, 0.29) is 12.3 Å². The number of anilines is 1. The van der Waals surface area contributed by atoms with Crippen molar-refractivity contribution in [1.82, 2.24) is 9.38 Å². The number of pyridine rings is 1. The van der Waals surface area contributed by atoms with E-state index in [9.17, 15) is 9.59 Å². The number of carbonyl (C=O) groups excluding carboxylic acids is 1. The van der Waals surface area contributed by atoms with Gasteiger partial charge in [-0.05, 0) is 84.5 Å². The van der Waals surface area contributed by atoms with Gasteiger partial charge in [-0.15, -0.1) is 0 Å². The second-order valence-corrected chi connectivity index (χ2v) is 10.1. The Morgan fingerprint density at radius 2 is 1.64 bits per heavy atom. The molecule has 1 saturated carbocycles. The summed E-state index contributed by atoms with van der Waals surface area (Å²) in [5.74, 6) is -0.245. The summed E-state index contributed by atoms with van der Waals surface area (Å²) < 4.78 is 1.84. The van der Waals surface area contributed by atoms with Crippen LogP contribution in [0.15, 0.2) is 67.0 Å². The topological polar surface area (TPSA) is 83.7 Å². The lowest BCUT2D eigenvalue weighted by Gasteiger charge is -2.28. The first-order chi connectivity index (χ1) is 17.4. The molecule has 2 N–H and O–H groups in total. The SMILES string of the molecule is O=C(O)CC1CCC(c2ccc(-c3ccc4nc(C(=O)Nc5ccc(Cl)c(Cl)c5)cn4c3)cc2)CC1. The van der Waals surface area contributed by atoms with Crippen molar-refractivity contribution in [3.8, 4) is 11.1 Å². The fourth-order valence-corrected chi connectivity index (χ4v) is 5.23. The Bertz CT molecular complexity index is 1420. The van der Waals surface area contributed by atoms with Gasteiger partial charge in [0.2, 0.25) is 0 Å². The summed E-state index contributed by atoms with van der Waals surface area (Å²) in [4.78, 5) is 28.1. The van der Waals surface area contributed by atoms with Gasteiger partial charge in [0.15, 0.2) is 0 Å². The summed E-state index contributed by atoms with van der Waals surface area (Å²) in [6, 6.07) is 17.4. The number of imidazole rings is 1. The fraction of sp³-hybridized carbons (Fsp3) is 0.250. The number of carboxylic acid groups (broad SMARTS) is 1. The van der Waals surface area contributed by atoms with Crippen molar-refractivity contribution < 1.29 is 14.7 Å². The maximum atomic E-state index is 12.7. The van der Waals surface area contributed by atoms with Gasteiger partial charge in [-0.1, -0.05) is 47.5 Å². The molecule has 2 heterocycles. The first-order valence-electron chi connectivity index (χ1n) is 11.9. The fourth-order valence-electron chi connectivity index (χ4n) is 4.94. The van der Waals surface area contributed by atoms with Crippen molar-refractivity contribution in [3.63, 3.8) is 0 Å². The van der Waals surface area contributed by atoms with E-state index in [1.807, 2.05) is 22.7 Å². The van der Waals surface area contributed by atoms with E-state index in [4.69, 9.17) is 28.3 Å². The Kier molecular flexibility index (Phi) is 6.99. The number of hydrogen-bond acceptors (Lipinski definition) is 3. The van der Waals surface area contributed by atoms with E-state index in [1.165, 1.54) is 5.56 Å². The minimum atomic E-state index is -0.697. The van der Waals surface area contributed by atoms with E-state index >= 15 is 0 Å². The maximum Gasteiger partial charge on any atom is 0.303 e. The molecular formula is C28H25Cl2N3O3. The average molecular weight is 522 g/mol. The van der Waals surface area contributed by atoms with Crippen LogP contribution in [0.1, 0.15) is 54.1 Å². The molecule has 1 fully saturated rings. The minimum absolute atomic E-state index is 0.279. The van der Waals surface area contributed by atoms with Gasteiger partial charge in [0.1, 0.15) is 11.3 Å². The molecule has 6 nitrogen and oxygen atoms in total. The van der Waals surface area contributed by atoms with Crippen LogP contribution in [0.25, 0.3) is 16.8 Å². The number of hydrogen-bond donors (Lipinski definition) is 2. The second-order valence-electron chi connectivity index (χ2n) is 9.33. The van der Waals surface area contributed by atoms with E-state index in [1.54, 1.807) is 24.4 Å². The number of amides is 1. The Labute approximate surface area is 218 Å². The number of carboxylic acids is 1. The van der Waals surface area contributed by atoms with Gasteiger partial charge in [-0.2, -0.15) is 0 Å². The molecule has 0 saturated heterocycles. The summed E-state index contributed by atoms with van der Waals surface area (Å²) in [7, 11) is 0. The highest BCUT2D eigenvalue weighted by molar-refractivity contribution is 6.42. The van der Waals surface area contributed by atoms with Crippen LogP contribution in [0.2, 0.25) is 10.0 Å². The molecular weight excluding hydrogens is 497 g/mol. The zero-order valence-corrected chi connectivity index (χ0v) is 21.0. The molecule has 1 aliphatic carbocycles. The summed E-state index contributed by atoms with van der Waals surface area (Å²) >= 11 is 12.0. The third kappa shape index (κ3) is 5.40. The normalized spacial score (nSPS) is 17.7.